The molecule has 0 fully saturated rings. The Morgan fingerprint density at radius 1 is 1.10 bits per heavy atom. The second-order valence-corrected chi connectivity index (χ2v) is 8.37. The maximum absolute atomic E-state index is 13.6. The summed E-state index contributed by atoms with van der Waals surface area (Å²) in [5.41, 5.74) is 3.48. The van der Waals surface area contributed by atoms with Crippen molar-refractivity contribution in [2.45, 2.75) is 54.0 Å². The summed E-state index contributed by atoms with van der Waals surface area (Å²) in [6.07, 6.45) is 0.472. The number of aromatic nitrogens is 2. The van der Waals surface area contributed by atoms with E-state index in [1.807, 2.05) is 76.8 Å². The van der Waals surface area contributed by atoms with Crippen LogP contribution in [0.15, 0.2) is 47.3 Å². The van der Waals surface area contributed by atoms with Gasteiger partial charge in [0, 0.05) is 13.0 Å². The molecule has 3 rings (SSSR count). The third-order valence-corrected chi connectivity index (χ3v) is 5.48. The molecule has 0 spiro atoms. The Kier molecular flexibility index (Phi) is 6.40. The molecule has 1 atom stereocenters. The van der Waals surface area contributed by atoms with E-state index in [-0.39, 0.29) is 23.4 Å². The second kappa shape index (κ2) is 8.82. The van der Waals surface area contributed by atoms with E-state index in [0.717, 1.165) is 16.8 Å². The fraction of sp³-hybridized carbons (Fsp3) is 0.400. The lowest BCUT2D eigenvalue weighted by Gasteiger charge is -2.30. The van der Waals surface area contributed by atoms with Crippen molar-refractivity contribution in [2.24, 2.45) is 5.92 Å². The quantitative estimate of drug-likeness (QED) is 0.582. The lowest BCUT2D eigenvalue weighted by Crippen LogP contribution is -2.37. The Bertz CT molecular complexity index is 1130. The smallest absolute Gasteiger partial charge is 0.266 e. The van der Waals surface area contributed by atoms with Crippen LogP contribution in [0.5, 0.6) is 0 Å². The first kappa shape index (κ1) is 21.8. The van der Waals surface area contributed by atoms with Crippen molar-refractivity contribution >= 4 is 16.8 Å². The fourth-order valence-electron chi connectivity index (χ4n) is 3.99. The molecular weight excluding hydrogens is 374 g/mol. The zero-order valence-electron chi connectivity index (χ0n) is 18.8. The number of fused-ring (bicyclic) bond motifs is 1. The minimum Gasteiger partial charge on any atom is -0.333 e. The van der Waals surface area contributed by atoms with Gasteiger partial charge < -0.3 is 4.90 Å². The van der Waals surface area contributed by atoms with Crippen LogP contribution in [-0.4, -0.2) is 26.9 Å². The maximum atomic E-state index is 13.6. The average Bonchev–Trinajstić information content (AvgIpc) is 2.68. The van der Waals surface area contributed by atoms with Crippen LogP contribution in [0.1, 0.15) is 57.1 Å². The lowest BCUT2D eigenvalue weighted by atomic mass is 10.1. The van der Waals surface area contributed by atoms with Crippen LogP contribution in [0, 0.1) is 19.8 Å². The van der Waals surface area contributed by atoms with E-state index < -0.39 is 0 Å². The zero-order chi connectivity index (χ0) is 22.0. The van der Waals surface area contributed by atoms with Gasteiger partial charge in [0.2, 0.25) is 5.91 Å². The first-order valence-corrected chi connectivity index (χ1v) is 10.6. The normalized spacial score (nSPS) is 12.4. The average molecular weight is 406 g/mol. The molecule has 0 bridgehead atoms. The minimum atomic E-state index is -0.334. The summed E-state index contributed by atoms with van der Waals surface area (Å²) in [5.74, 6) is 0.934. The molecule has 0 aliphatic rings. The molecule has 0 aliphatic carbocycles. The molecule has 5 nitrogen and oxygen atoms in total. The van der Waals surface area contributed by atoms with E-state index in [9.17, 15) is 9.59 Å². The lowest BCUT2D eigenvalue weighted by molar-refractivity contribution is -0.134. The van der Waals surface area contributed by atoms with Gasteiger partial charge in [0.25, 0.3) is 5.56 Å². The van der Waals surface area contributed by atoms with Crippen LogP contribution in [0.3, 0.4) is 0 Å². The number of hydrogen-bond donors (Lipinski definition) is 0. The topological polar surface area (TPSA) is 55.2 Å². The Labute approximate surface area is 178 Å². The molecule has 5 heteroatoms. The maximum Gasteiger partial charge on any atom is 0.266 e. The molecule has 158 valence electrons. The summed E-state index contributed by atoms with van der Waals surface area (Å²) >= 11 is 0. The van der Waals surface area contributed by atoms with Crippen LogP contribution < -0.4 is 5.56 Å². The number of carbonyl (C=O) groups is 1. The fourth-order valence-corrected chi connectivity index (χ4v) is 3.99. The van der Waals surface area contributed by atoms with Gasteiger partial charge >= 0.3 is 0 Å². The predicted molar refractivity (Wildman–Crippen MR) is 122 cm³/mol. The monoisotopic (exact) mass is 405 g/mol. The van der Waals surface area contributed by atoms with Gasteiger partial charge in [-0.1, -0.05) is 43.7 Å². The van der Waals surface area contributed by atoms with Gasteiger partial charge in [-0.15, -0.1) is 0 Å². The highest BCUT2D eigenvalue weighted by molar-refractivity contribution is 5.79. The van der Waals surface area contributed by atoms with E-state index in [4.69, 9.17) is 4.98 Å². The molecular formula is C25H31N3O2. The van der Waals surface area contributed by atoms with E-state index >= 15 is 0 Å². The van der Waals surface area contributed by atoms with Crippen molar-refractivity contribution < 1.29 is 4.79 Å². The van der Waals surface area contributed by atoms with Gasteiger partial charge in [0.1, 0.15) is 5.82 Å². The summed E-state index contributed by atoms with van der Waals surface area (Å²) in [5, 5.41) is 0.574. The predicted octanol–water partition coefficient (Wildman–Crippen LogP) is 4.96. The van der Waals surface area contributed by atoms with Crippen LogP contribution in [0.4, 0.5) is 0 Å². The SMILES string of the molecule is CCN(C(=O)CC(C)C)[C@H](C)c1nc2ccccc2c(=O)n1-c1ccc(C)cc1C. The number of carbonyl (C=O) groups excluding carboxylic acids is 1. The molecule has 2 aromatic carbocycles. The molecule has 3 aromatic rings. The van der Waals surface area contributed by atoms with E-state index in [2.05, 4.69) is 6.07 Å². The van der Waals surface area contributed by atoms with Gasteiger partial charge in [-0.2, -0.15) is 0 Å². The van der Waals surface area contributed by atoms with E-state index in [1.54, 1.807) is 10.6 Å². The van der Waals surface area contributed by atoms with Crippen molar-refractivity contribution in [3.8, 4) is 5.69 Å². The highest BCUT2D eigenvalue weighted by Gasteiger charge is 2.26. The largest absolute Gasteiger partial charge is 0.333 e. The summed E-state index contributed by atoms with van der Waals surface area (Å²) in [6, 6.07) is 13.1. The molecule has 0 radical (unpaired) electrons. The molecule has 0 saturated carbocycles. The van der Waals surface area contributed by atoms with Crippen molar-refractivity contribution in [1.29, 1.82) is 0 Å². The number of para-hydroxylation sites is 1. The number of benzene rings is 2. The van der Waals surface area contributed by atoms with E-state index in [1.165, 1.54) is 0 Å². The van der Waals surface area contributed by atoms with Gasteiger partial charge in [0.05, 0.1) is 22.6 Å². The molecule has 1 aromatic heterocycles. The number of amides is 1. The third-order valence-electron chi connectivity index (χ3n) is 5.48. The van der Waals surface area contributed by atoms with Gasteiger partial charge in [-0.25, -0.2) is 4.98 Å². The van der Waals surface area contributed by atoms with Gasteiger partial charge in [-0.3, -0.25) is 14.2 Å². The molecule has 1 amide bonds. The minimum absolute atomic E-state index is 0.0783. The summed E-state index contributed by atoms with van der Waals surface area (Å²) < 4.78 is 1.69. The van der Waals surface area contributed by atoms with Gasteiger partial charge in [-0.05, 0) is 57.4 Å². The first-order valence-electron chi connectivity index (χ1n) is 10.6. The van der Waals surface area contributed by atoms with Crippen molar-refractivity contribution in [3.05, 3.63) is 69.8 Å². The number of nitrogens with zero attached hydrogens (tertiary/aromatic N) is 3. The third kappa shape index (κ3) is 4.16. The number of hydrogen-bond acceptors (Lipinski definition) is 3. The first-order chi connectivity index (χ1) is 14.2. The van der Waals surface area contributed by atoms with Crippen LogP contribution in [0.25, 0.3) is 16.6 Å². The standard InChI is InChI=1S/C25H31N3O2/c1-7-27(23(29)14-16(2)3)19(6)24-26-21-11-9-8-10-20(21)25(30)28(24)22-13-12-17(4)15-18(22)5/h8-13,15-16,19H,7,14H2,1-6H3/t19-/m1/s1. The molecule has 30 heavy (non-hydrogen) atoms. The highest BCUT2D eigenvalue weighted by Crippen LogP contribution is 2.25. The number of rotatable bonds is 6. The zero-order valence-corrected chi connectivity index (χ0v) is 18.8. The summed E-state index contributed by atoms with van der Waals surface area (Å²) in [4.78, 5) is 33.2. The molecule has 0 unspecified atom stereocenters. The molecule has 0 N–H and O–H groups in total. The van der Waals surface area contributed by atoms with Crippen molar-refractivity contribution in [2.75, 3.05) is 6.54 Å². The summed E-state index contributed by atoms with van der Waals surface area (Å²) in [7, 11) is 0. The van der Waals surface area contributed by atoms with Crippen molar-refractivity contribution in [3.63, 3.8) is 0 Å². The summed E-state index contributed by atoms with van der Waals surface area (Å²) in [6.45, 7) is 12.6. The van der Waals surface area contributed by atoms with Crippen LogP contribution in [-0.2, 0) is 4.79 Å². The molecule has 1 heterocycles. The van der Waals surface area contributed by atoms with Gasteiger partial charge in [0.15, 0.2) is 0 Å². The van der Waals surface area contributed by atoms with E-state index in [0.29, 0.717) is 29.7 Å². The second-order valence-electron chi connectivity index (χ2n) is 8.37. The Morgan fingerprint density at radius 3 is 2.43 bits per heavy atom. The Hall–Kier alpha value is -2.95. The van der Waals surface area contributed by atoms with Crippen molar-refractivity contribution in [1.82, 2.24) is 14.5 Å². The van der Waals surface area contributed by atoms with Crippen LogP contribution in [0.2, 0.25) is 0 Å². The van der Waals surface area contributed by atoms with Crippen LogP contribution >= 0.6 is 0 Å². The molecule has 0 aliphatic heterocycles. The highest BCUT2D eigenvalue weighted by atomic mass is 16.2. The Morgan fingerprint density at radius 2 is 1.80 bits per heavy atom. The number of aryl methyl sites for hydroxylation is 2. The molecule has 0 saturated heterocycles. The Balaban J connectivity index is 2.27.